The van der Waals surface area contributed by atoms with Crippen LogP contribution in [0.15, 0.2) is 45.3 Å². The minimum Gasteiger partial charge on any atom is -0.409 e. The Hall–Kier alpha value is -1.37. The number of benzene rings is 1. The average molecular weight is 354 g/mol. The van der Waals surface area contributed by atoms with Gasteiger partial charge in [0.1, 0.15) is 0 Å². The average Bonchev–Trinajstić information content (AvgIpc) is 2.89. The van der Waals surface area contributed by atoms with E-state index in [1.165, 1.54) is 14.2 Å². The van der Waals surface area contributed by atoms with Crippen molar-refractivity contribution in [2.24, 2.45) is 10.9 Å². The Labute approximate surface area is 130 Å². The van der Waals surface area contributed by atoms with Gasteiger partial charge in [-0.2, -0.15) is 0 Å². The van der Waals surface area contributed by atoms with E-state index in [9.17, 15) is 0 Å². The third-order valence-corrected chi connectivity index (χ3v) is 4.55. The first kappa shape index (κ1) is 15.0. The number of amidine groups is 1. The molecule has 0 radical (unpaired) electrons. The summed E-state index contributed by atoms with van der Waals surface area (Å²) in [6.45, 7) is 1.75. The summed E-state index contributed by atoms with van der Waals surface area (Å²) in [5.74, 6) is 0.132. The highest BCUT2D eigenvalue weighted by molar-refractivity contribution is 9.11. The van der Waals surface area contributed by atoms with Crippen LogP contribution in [-0.4, -0.2) is 17.6 Å². The van der Waals surface area contributed by atoms with Crippen LogP contribution in [0.5, 0.6) is 0 Å². The van der Waals surface area contributed by atoms with Gasteiger partial charge in [0.05, 0.1) is 3.79 Å². The molecule has 0 fully saturated rings. The minimum atomic E-state index is 0.132. The maximum absolute atomic E-state index is 8.59. The first-order valence-electron chi connectivity index (χ1n) is 6.21. The Kier molecular flexibility index (Phi) is 5.58. The van der Waals surface area contributed by atoms with E-state index in [0.717, 1.165) is 25.1 Å². The Morgan fingerprint density at radius 3 is 2.60 bits per heavy atom. The van der Waals surface area contributed by atoms with Crippen LogP contribution in [0.2, 0.25) is 0 Å². The summed E-state index contributed by atoms with van der Waals surface area (Å²) in [6, 6.07) is 11.9. The number of oxime groups is 1. The molecule has 1 aromatic heterocycles. The van der Waals surface area contributed by atoms with E-state index in [1.807, 2.05) is 24.3 Å². The topological polar surface area (TPSA) is 70.6 Å². The summed E-state index contributed by atoms with van der Waals surface area (Å²) in [5.41, 5.74) is 7.41. The van der Waals surface area contributed by atoms with Crippen LogP contribution in [0.4, 0.5) is 0 Å². The lowest BCUT2D eigenvalue weighted by molar-refractivity contribution is 0.318. The van der Waals surface area contributed by atoms with Crippen LogP contribution in [-0.2, 0) is 13.0 Å². The van der Waals surface area contributed by atoms with Gasteiger partial charge in [-0.3, -0.25) is 0 Å². The second-order valence-corrected chi connectivity index (χ2v) is 6.86. The fourth-order valence-electron chi connectivity index (χ4n) is 1.78. The number of nitrogens with two attached hydrogens (primary N) is 1. The molecule has 20 heavy (non-hydrogen) atoms. The van der Waals surface area contributed by atoms with E-state index in [-0.39, 0.29) is 5.84 Å². The van der Waals surface area contributed by atoms with Crippen molar-refractivity contribution < 1.29 is 5.21 Å². The molecule has 6 heteroatoms. The fraction of sp³-hybridized carbons (Fsp3) is 0.214. The van der Waals surface area contributed by atoms with Gasteiger partial charge in [0.25, 0.3) is 0 Å². The minimum absolute atomic E-state index is 0.132. The van der Waals surface area contributed by atoms with Crippen molar-refractivity contribution in [3.8, 4) is 0 Å². The molecule has 2 aromatic rings. The van der Waals surface area contributed by atoms with Crippen LogP contribution in [0, 0.1) is 0 Å². The summed E-state index contributed by atoms with van der Waals surface area (Å²) >= 11 is 5.23. The van der Waals surface area contributed by atoms with Gasteiger partial charge in [-0.05, 0) is 40.0 Å². The molecule has 0 unspecified atom stereocenters. The molecule has 0 spiro atoms. The van der Waals surface area contributed by atoms with E-state index in [0.29, 0.717) is 0 Å². The Bertz CT molecular complexity index is 580. The number of rotatable bonds is 6. The number of hydrogen-bond acceptors (Lipinski definition) is 4. The lowest BCUT2D eigenvalue weighted by Gasteiger charge is -2.05. The first-order valence-corrected chi connectivity index (χ1v) is 7.82. The van der Waals surface area contributed by atoms with Gasteiger partial charge in [-0.1, -0.05) is 29.4 Å². The molecular formula is C14H16BrN3OS. The van der Waals surface area contributed by atoms with Crippen molar-refractivity contribution in [1.82, 2.24) is 5.32 Å². The normalized spacial score (nSPS) is 11.8. The van der Waals surface area contributed by atoms with E-state index in [1.54, 1.807) is 11.3 Å². The van der Waals surface area contributed by atoms with Crippen LogP contribution < -0.4 is 11.1 Å². The van der Waals surface area contributed by atoms with Crippen molar-refractivity contribution in [2.45, 2.75) is 13.0 Å². The molecule has 0 aliphatic rings. The molecule has 0 atom stereocenters. The second-order valence-electron chi connectivity index (χ2n) is 4.31. The zero-order chi connectivity index (χ0) is 14.4. The van der Waals surface area contributed by atoms with Crippen LogP contribution >= 0.6 is 27.3 Å². The molecule has 2 rings (SSSR count). The summed E-state index contributed by atoms with van der Waals surface area (Å²) in [7, 11) is 0. The van der Waals surface area contributed by atoms with Crippen LogP contribution in [0.1, 0.15) is 16.0 Å². The van der Waals surface area contributed by atoms with E-state index in [2.05, 4.69) is 38.5 Å². The molecule has 0 aliphatic carbocycles. The van der Waals surface area contributed by atoms with Crippen molar-refractivity contribution >= 4 is 33.1 Å². The third-order valence-electron chi connectivity index (χ3n) is 2.86. The van der Waals surface area contributed by atoms with Gasteiger partial charge in [-0.15, -0.1) is 11.3 Å². The maximum atomic E-state index is 8.59. The monoisotopic (exact) mass is 353 g/mol. The molecule has 1 aromatic carbocycles. The number of nitrogens with one attached hydrogen (secondary N) is 1. The molecule has 4 nitrogen and oxygen atoms in total. The smallest absolute Gasteiger partial charge is 0.170 e. The highest BCUT2D eigenvalue weighted by atomic mass is 79.9. The summed E-state index contributed by atoms with van der Waals surface area (Å²) < 4.78 is 1.17. The van der Waals surface area contributed by atoms with Crippen LogP contribution in [0.3, 0.4) is 0 Å². The molecule has 4 N–H and O–H groups in total. The lowest BCUT2D eigenvalue weighted by Crippen LogP contribution is -2.17. The van der Waals surface area contributed by atoms with Crippen molar-refractivity contribution in [3.05, 3.63) is 56.2 Å². The largest absolute Gasteiger partial charge is 0.409 e. The molecule has 0 saturated heterocycles. The third kappa shape index (κ3) is 4.33. The highest BCUT2D eigenvalue weighted by Gasteiger charge is 2.00. The van der Waals surface area contributed by atoms with Crippen molar-refractivity contribution in [2.75, 3.05) is 6.54 Å². The lowest BCUT2D eigenvalue weighted by atomic mass is 10.1. The van der Waals surface area contributed by atoms with E-state index in [4.69, 9.17) is 10.9 Å². The first-order chi connectivity index (χ1) is 9.69. The highest BCUT2D eigenvalue weighted by Crippen LogP contribution is 2.22. The SMILES string of the molecule is N/C(=N/O)c1ccc(CNCCc2ccc(Br)s2)cc1. The quantitative estimate of drug-likeness (QED) is 0.246. The number of thiophene rings is 1. The van der Waals surface area contributed by atoms with Gasteiger partial charge in [0.15, 0.2) is 5.84 Å². The molecule has 0 saturated carbocycles. The molecule has 106 valence electrons. The van der Waals surface area contributed by atoms with Gasteiger partial charge >= 0.3 is 0 Å². The summed E-state index contributed by atoms with van der Waals surface area (Å²) in [5, 5.41) is 15.0. The van der Waals surface area contributed by atoms with Crippen LogP contribution in [0.25, 0.3) is 0 Å². The zero-order valence-electron chi connectivity index (χ0n) is 10.8. The van der Waals surface area contributed by atoms with E-state index >= 15 is 0 Å². The second kappa shape index (κ2) is 7.42. The standard InChI is InChI=1S/C14H16BrN3OS/c15-13-6-5-12(20-13)7-8-17-9-10-1-3-11(4-2-10)14(16)18-19/h1-6,17,19H,7-9H2,(H2,16,18). The van der Waals surface area contributed by atoms with Gasteiger partial charge in [-0.25, -0.2) is 0 Å². The van der Waals surface area contributed by atoms with Gasteiger partial charge < -0.3 is 16.3 Å². The number of halogens is 1. The van der Waals surface area contributed by atoms with Crippen molar-refractivity contribution in [3.63, 3.8) is 0 Å². The molecular weight excluding hydrogens is 338 g/mol. The number of hydrogen-bond donors (Lipinski definition) is 3. The Morgan fingerprint density at radius 1 is 1.25 bits per heavy atom. The predicted octanol–water partition coefficient (Wildman–Crippen LogP) is 2.94. The Morgan fingerprint density at radius 2 is 2.00 bits per heavy atom. The predicted molar refractivity (Wildman–Crippen MR) is 86.4 cm³/mol. The Balaban J connectivity index is 1.77. The number of nitrogens with zero attached hydrogens (tertiary/aromatic N) is 1. The molecule has 0 bridgehead atoms. The summed E-state index contributed by atoms with van der Waals surface area (Å²) in [4.78, 5) is 1.37. The molecule has 0 aliphatic heterocycles. The fourth-order valence-corrected chi connectivity index (χ4v) is 3.26. The van der Waals surface area contributed by atoms with Gasteiger partial charge in [0, 0.05) is 23.5 Å². The molecule has 1 heterocycles. The van der Waals surface area contributed by atoms with Crippen molar-refractivity contribution in [1.29, 1.82) is 0 Å². The van der Waals surface area contributed by atoms with Gasteiger partial charge in [0.2, 0.25) is 0 Å². The zero-order valence-corrected chi connectivity index (χ0v) is 13.2. The maximum Gasteiger partial charge on any atom is 0.170 e. The van der Waals surface area contributed by atoms with E-state index < -0.39 is 0 Å². The summed E-state index contributed by atoms with van der Waals surface area (Å²) in [6.07, 6.45) is 1.03. The molecule has 0 amide bonds.